The Kier molecular flexibility index (Phi) is 4.07. The van der Waals surface area contributed by atoms with Crippen LogP contribution in [-0.2, 0) is 6.61 Å². The molecule has 1 amide bonds. The maximum atomic E-state index is 12.0. The summed E-state index contributed by atoms with van der Waals surface area (Å²) in [5.74, 6) is -0.308. The molecule has 4 nitrogen and oxygen atoms in total. The molecule has 0 spiro atoms. The highest BCUT2D eigenvalue weighted by Crippen LogP contribution is 2.16. The number of aliphatic hydroxyl groups is 1. The SMILES string of the molecule is O=C(Nc1ccccc1CO)c1cccc(Br)n1. The van der Waals surface area contributed by atoms with E-state index in [1.807, 2.05) is 0 Å². The second-order valence-corrected chi connectivity index (χ2v) is 4.43. The highest BCUT2D eigenvalue weighted by Gasteiger charge is 2.09. The summed E-state index contributed by atoms with van der Waals surface area (Å²) in [6.07, 6.45) is 0. The first-order valence-electron chi connectivity index (χ1n) is 5.33. The van der Waals surface area contributed by atoms with Gasteiger partial charge in [-0.15, -0.1) is 0 Å². The number of anilines is 1. The van der Waals surface area contributed by atoms with Crippen molar-refractivity contribution in [3.63, 3.8) is 0 Å². The van der Waals surface area contributed by atoms with Crippen molar-refractivity contribution in [2.75, 3.05) is 5.32 Å². The van der Waals surface area contributed by atoms with E-state index in [0.29, 0.717) is 21.5 Å². The zero-order valence-electron chi connectivity index (χ0n) is 9.43. The minimum absolute atomic E-state index is 0.123. The average Bonchev–Trinajstić information content (AvgIpc) is 2.39. The first-order valence-corrected chi connectivity index (χ1v) is 6.12. The quantitative estimate of drug-likeness (QED) is 0.857. The van der Waals surface area contributed by atoms with Crippen molar-refractivity contribution < 1.29 is 9.90 Å². The second kappa shape index (κ2) is 5.75. The van der Waals surface area contributed by atoms with Crippen LogP contribution < -0.4 is 5.32 Å². The van der Waals surface area contributed by atoms with Gasteiger partial charge in [0.05, 0.1) is 6.61 Å². The molecule has 1 aromatic carbocycles. The van der Waals surface area contributed by atoms with E-state index in [0.717, 1.165) is 0 Å². The molecule has 0 aliphatic heterocycles. The number of rotatable bonds is 3. The lowest BCUT2D eigenvalue weighted by Gasteiger charge is -2.08. The summed E-state index contributed by atoms with van der Waals surface area (Å²) in [6.45, 7) is -0.123. The standard InChI is InChI=1S/C13H11BrN2O2/c14-12-7-3-6-11(15-12)13(18)16-10-5-2-1-4-9(10)8-17/h1-7,17H,8H2,(H,16,18). The van der Waals surface area contributed by atoms with Gasteiger partial charge in [-0.2, -0.15) is 0 Å². The fourth-order valence-electron chi connectivity index (χ4n) is 1.50. The van der Waals surface area contributed by atoms with E-state index in [4.69, 9.17) is 0 Å². The second-order valence-electron chi connectivity index (χ2n) is 3.61. The molecule has 0 unspecified atom stereocenters. The van der Waals surface area contributed by atoms with Crippen LogP contribution in [-0.4, -0.2) is 16.0 Å². The zero-order valence-corrected chi connectivity index (χ0v) is 11.0. The highest BCUT2D eigenvalue weighted by atomic mass is 79.9. The van der Waals surface area contributed by atoms with Crippen LogP contribution in [0.15, 0.2) is 47.1 Å². The fraction of sp³-hybridized carbons (Fsp3) is 0.0769. The van der Waals surface area contributed by atoms with Gasteiger partial charge in [-0.1, -0.05) is 24.3 Å². The third kappa shape index (κ3) is 2.94. The predicted octanol–water partition coefficient (Wildman–Crippen LogP) is 2.59. The molecule has 0 fully saturated rings. The van der Waals surface area contributed by atoms with Crippen molar-refractivity contribution in [3.05, 3.63) is 58.3 Å². The topological polar surface area (TPSA) is 62.2 Å². The zero-order chi connectivity index (χ0) is 13.0. The Hall–Kier alpha value is -1.72. The van der Waals surface area contributed by atoms with E-state index < -0.39 is 0 Å². The summed E-state index contributed by atoms with van der Waals surface area (Å²) < 4.78 is 0.602. The number of hydrogen-bond acceptors (Lipinski definition) is 3. The van der Waals surface area contributed by atoms with Crippen LogP contribution in [0.5, 0.6) is 0 Å². The van der Waals surface area contributed by atoms with Crippen LogP contribution in [0, 0.1) is 0 Å². The number of benzene rings is 1. The Balaban J connectivity index is 2.21. The van der Waals surface area contributed by atoms with Crippen LogP contribution in [0.1, 0.15) is 16.1 Å². The molecule has 0 radical (unpaired) electrons. The number of nitrogens with zero attached hydrogens (tertiary/aromatic N) is 1. The maximum Gasteiger partial charge on any atom is 0.274 e. The summed E-state index contributed by atoms with van der Waals surface area (Å²) >= 11 is 3.21. The van der Waals surface area contributed by atoms with Gasteiger partial charge in [-0.3, -0.25) is 4.79 Å². The molecule has 0 aliphatic carbocycles. The normalized spacial score (nSPS) is 10.1. The van der Waals surface area contributed by atoms with Crippen LogP contribution in [0.2, 0.25) is 0 Å². The Morgan fingerprint density at radius 3 is 2.72 bits per heavy atom. The third-order valence-electron chi connectivity index (χ3n) is 2.38. The van der Waals surface area contributed by atoms with Gasteiger partial charge in [0.25, 0.3) is 5.91 Å². The van der Waals surface area contributed by atoms with Crippen LogP contribution in [0.3, 0.4) is 0 Å². The lowest BCUT2D eigenvalue weighted by atomic mass is 10.2. The van der Waals surface area contributed by atoms with Gasteiger partial charge < -0.3 is 10.4 Å². The molecular weight excluding hydrogens is 296 g/mol. The minimum atomic E-state index is -0.308. The van der Waals surface area contributed by atoms with Gasteiger partial charge >= 0.3 is 0 Å². The van der Waals surface area contributed by atoms with Crippen molar-refractivity contribution in [2.45, 2.75) is 6.61 Å². The molecule has 1 heterocycles. The molecule has 92 valence electrons. The van der Waals surface area contributed by atoms with E-state index in [2.05, 4.69) is 26.2 Å². The summed E-state index contributed by atoms with van der Waals surface area (Å²) in [5, 5.41) is 11.9. The minimum Gasteiger partial charge on any atom is -0.392 e. The Morgan fingerprint density at radius 2 is 2.00 bits per heavy atom. The van der Waals surface area contributed by atoms with E-state index in [9.17, 15) is 9.90 Å². The summed E-state index contributed by atoms with van der Waals surface area (Å²) in [6, 6.07) is 12.2. The number of amides is 1. The molecule has 2 N–H and O–H groups in total. The van der Waals surface area contributed by atoms with Gasteiger partial charge in [0, 0.05) is 11.3 Å². The molecule has 2 aromatic rings. The molecule has 0 saturated heterocycles. The van der Waals surface area contributed by atoms with Crippen LogP contribution in [0.25, 0.3) is 0 Å². The smallest absolute Gasteiger partial charge is 0.274 e. The van der Waals surface area contributed by atoms with Gasteiger partial charge in [0.2, 0.25) is 0 Å². The largest absolute Gasteiger partial charge is 0.392 e. The lowest BCUT2D eigenvalue weighted by Crippen LogP contribution is -2.14. The first kappa shape index (κ1) is 12.7. The summed E-state index contributed by atoms with van der Waals surface area (Å²) in [4.78, 5) is 16.0. The van der Waals surface area contributed by atoms with Crippen molar-refractivity contribution >= 4 is 27.5 Å². The monoisotopic (exact) mass is 306 g/mol. The predicted molar refractivity (Wildman–Crippen MR) is 72.3 cm³/mol. The number of pyridine rings is 1. The van der Waals surface area contributed by atoms with Gasteiger partial charge in [-0.05, 0) is 34.1 Å². The third-order valence-corrected chi connectivity index (χ3v) is 2.83. The van der Waals surface area contributed by atoms with Gasteiger partial charge in [0.1, 0.15) is 10.3 Å². The van der Waals surface area contributed by atoms with Crippen molar-refractivity contribution in [2.24, 2.45) is 0 Å². The number of hydrogen-bond donors (Lipinski definition) is 2. The van der Waals surface area contributed by atoms with E-state index in [1.165, 1.54) is 0 Å². The molecule has 5 heteroatoms. The average molecular weight is 307 g/mol. The van der Waals surface area contributed by atoms with E-state index in [1.54, 1.807) is 42.5 Å². The number of carbonyl (C=O) groups excluding carboxylic acids is 1. The van der Waals surface area contributed by atoms with Crippen molar-refractivity contribution in [1.29, 1.82) is 0 Å². The number of aromatic nitrogens is 1. The number of halogens is 1. The molecular formula is C13H11BrN2O2. The van der Waals surface area contributed by atoms with Crippen molar-refractivity contribution in [3.8, 4) is 0 Å². The molecule has 1 aromatic heterocycles. The Bertz CT molecular complexity index is 572. The number of nitrogens with one attached hydrogen (secondary N) is 1. The maximum absolute atomic E-state index is 12.0. The van der Waals surface area contributed by atoms with E-state index in [-0.39, 0.29) is 12.5 Å². The molecule has 0 atom stereocenters. The van der Waals surface area contributed by atoms with Crippen LogP contribution in [0.4, 0.5) is 5.69 Å². The van der Waals surface area contributed by atoms with Crippen molar-refractivity contribution in [1.82, 2.24) is 4.98 Å². The summed E-state index contributed by atoms with van der Waals surface area (Å²) in [5.41, 5.74) is 1.57. The van der Waals surface area contributed by atoms with E-state index >= 15 is 0 Å². The lowest BCUT2D eigenvalue weighted by molar-refractivity contribution is 0.102. The first-order chi connectivity index (χ1) is 8.70. The molecule has 0 aliphatic rings. The number of para-hydroxylation sites is 1. The number of aliphatic hydroxyl groups excluding tert-OH is 1. The summed E-state index contributed by atoms with van der Waals surface area (Å²) in [7, 11) is 0. The Morgan fingerprint density at radius 1 is 1.22 bits per heavy atom. The molecule has 0 saturated carbocycles. The van der Waals surface area contributed by atoms with Gasteiger partial charge in [0.15, 0.2) is 0 Å². The number of carbonyl (C=O) groups is 1. The fourth-order valence-corrected chi connectivity index (χ4v) is 1.84. The molecule has 18 heavy (non-hydrogen) atoms. The highest BCUT2D eigenvalue weighted by molar-refractivity contribution is 9.10. The van der Waals surface area contributed by atoms with Crippen LogP contribution >= 0.6 is 15.9 Å². The molecule has 0 bridgehead atoms. The van der Waals surface area contributed by atoms with Gasteiger partial charge in [-0.25, -0.2) is 4.98 Å². The Labute approximate surface area is 113 Å². The molecule has 2 rings (SSSR count).